The quantitative estimate of drug-likeness (QED) is 0.374. The molecule has 1 amide bonds. The van der Waals surface area contributed by atoms with Gasteiger partial charge in [-0.3, -0.25) is 4.79 Å². The molecular weight excluding hydrogens is 492 g/mol. The predicted molar refractivity (Wildman–Crippen MR) is 140 cm³/mol. The van der Waals surface area contributed by atoms with Crippen LogP contribution in [0, 0.1) is 0 Å². The second-order valence-electron chi connectivity index (χ2n) is 8.66. The number of aliphatic hydroxyl groups excluding tert-OH is 1. The van der Waals surface area contributed by atoms with Gasteiger partial charge in [0.05, 0.1) is 17.3 Å². The number of ether oxygens (including phenoxy) is 2. The van der Waals surface area contributed by atoms with E-state index in [-0.39, 0.29) is 29.6 Å². The van der Waals surface area contributed by atoms with E-state index < -0.39 is 27.4 Å². The molecule has 0 aromatic heterocycles. The number of likely N-dealkylation sites (N-methyl/N-ethyl adjacent to an activating group) is 1. The summed E-state index contributed by atoms with van der Waals surface area (Å²) in [7, 11) is -2.17. The van der Waals surface area contributed by atoms with Gasteiger partial charge in [-0.25, -0.2) is 13.4 Å². The molecule has 0 saturated heterocycles. The van der Waals surface area contributed by atoms with Crippen molar-refractivity contribution >= 4 is 21.6 Å². The highest BCUT2D eigenvalue weighted by Gasteiger charge is 2.53. The average molecular weight is 523 g/mol. The van der Waals surface area contributed by atoms with Gasteiger partial charge in [-0.1, -0.05) is 48.5 Å². The fraction of sp³-hybridized carbons (Fsp3) is 0.286. The summed E-state index contributed by atoms with van der Waals surface area (Å²) in [5, 5.41) is 11.6. The summed E-state index contributed by atoms with van der Waals surface area (Å²) >= 11 is 0. The summed E-state index contributed by atoms with van der Waals surface area (Å²) in [6, 6.07) is 24.4. The van der Waals surface area contributed by atoms with E-state index >= 15 is 0 Å². The Morgan fingerprint density at radius 1 is 1.03 bits per heavy atom. The number of carbonyl (C=O) groups excluding carboxylic acids is 1. The van der Waals surface area contributed by atoms with Crippen molar-refractivity contribution in [3.63, 3.8) is 0 Å². The Kier molecular flexibility index (Phi) is 8.25. The van der Waals surface area contributed by atoms with Crippen LogP contribution in [-0.2, 0) is 19.4 Å². The number of aliphatic imine (C=N–C) groups is 1. The van der Waals surface area contributed by atoms with E-state index in [2.05, 4.69) is 5.32 Å². The summed E-state index contributed by atoms with van der Waals surface area (Å²) in [6.45, 7) is 0.435. The van der Waals surface area contributed by atoms with Crippen LogP contribution in [0.25, 0.3) is 0 Å². The van der Waals surface area contributed by atoms with Crippen LogP contribution in [0.2, 0.25) is 0 Å². The minimum atomic E-state index is -3.67. The number of hydrogen-bond acceptors (Lipinski definition) is 7. The van der Waals surface area contributed by atoms with Crippen molar-refractivity contribution in [3.05, 3.63) is 96.1 Å². The van der Waals surface area contributed by atoms with Gasteiger partial charge in [0.1, 0.15) is 5.75 Å². The van der Waals surface area contributed by atoms with Gasteiger partial charge in [-0.05, 0) is 42.0 Å². The molecule has 4 rings (SSSR count). The molecule has 2 N–H and O–H groups in total. The van der Waals surface area contributed by atoms with Crippen LogP contribution < -0.4 is 10.1 Å². The number of amides is 1. The smallest absolute Gasteiger partial charge is 0.252 e. The standard InChI is InChI=1S/C28H30N2O6S/c1-29-27(32)28(17-20-37(33,34)24-11-6-3-7-12-24)25(21-9-4-2-5-10-21)36-26(30-28)22-13-15-23(16-14-22)35-19-8-18-31/h2-7,9-16,25,31H,8,17-20H2,1H3,(H,29,32)/t25-,28-/m1/s1. The fourth-order valence-electron chi connectivity index (χ4n) is 4.25. The lowest BCUT2D eigenvalue weighted by Gasteiger charge is -2.30. The summed E-state index contributed by atoms with van der Waals surface area (Å²) in [5.41, 5.74) is -0.151. The van der Waals surface area contributed by atoms with Crippen LogP contribution in [0.1, 0.15) is 30.1 Å². The monoisotopic (exact) mass is 522 g/mol. The van der Waals surface area contributed by atoms with Crippen LogP contribution in [0.4, 0.5) is 0 Å². The zero-order chi connectivity index (χ0) is 26.3. The third kappa shape index (κ3) is 5.84. The van der Waals surface area contributed by atoms with Gasteiger partial charge in [-0.2, -0.15) is 0 Å². The van der Waals surface area contributed by atoms with Gasteiger partial charge < -0.3 is 19.9 Å². The number of benzene rings is 3. The molecule has 1 aliphatic rings. The highest BCUT2D eigenvalue weighted by molar-refractivity contribution is 7.91. The van der Waals surface area contributed by atoms with Crippen LogP contribution >= 0.6 is 0 Å². The Hall–Kier alpha value is -3.69. The van der Waals surface area contributed by atoms with Gasteiger partial charge in [0.25, 0.3) is 5.91 Å². The second kappa shape index (κ2) is 11.6. The molecule has 0 aliphatic carbocycles. The third-order valence-corrected chi connectivity index (χ3v) is 7.95. The molecule has 2 atom stereocenters. The number of sulfone groups is 1. The first-order valence-corrected chi connectivity index (χ1v) is 13.7. The maximum atomic E-state index is 13.4. The van der Waals surface area contributed by atoms with Crippen molar-refractivity contribution in [2.45, 2.75) is 29.4 Å². The van der Waals surface area contributed by atoms with Gasteiger partial charge >= 0.3 is 0 Å². The molecule has 8 nitrogen and oxygen atoms in total. The zero-order valence-electron chi connectivity index (χ0n) is 20.5. The second-order valence-corrected chi connectivity index (χ2v) is 10.8. The molecule has 1 heterocycles. The van der Waals surface area contributed by atoms with E-state index in [0.29, 0.717) is 29.9 Å². The number of aliphatic hydroxyl groups is 1. The molecule has 0 unspecified atom stereocenters. The highest BCUT2D eigenvalue weighted by atomic mass is 32.2. The lowest BCUT2D eigenvalue weighted by atomic mass is 9.85. The lowest BCUT2D eigenvalue weighted by Crippen LogP contribution is -2.48. The summed E-state index contributed by atoms with van der Waals surface area (Å²) in [5.74, 6) is 0.160. The molecule has 9 heteroatoms. The first-order chi connectivity index (χ1) is 17.9. The van der Waals surface area contributed by atoms with Gasteiger partial charge in [0.2, 0.25) is 5.90 Å². The highest BCUT2D eigenvalue weighted by Crippen LogP contribution is 2.43. The molecule has 194 valence electrons. The van der Waals surface area contributed by atoms with Gasteiger partial charge in [0.15, 0.2) is 21.5 Å². The normalized spacial score (nSPS) is 19.1. The minimum absolute atomic E-state index is 0.0468. The Morgan fingerprint density at radius 2 is 1.68 bits per heavy atom. The van der Waals surface area contributed by atoms with Crippen LogP contribution in [0.3, 0.4) is 0 Å². The first-order valence-electron chi connectivity index (χ1n) is 12.0. The molecule has 1 aliphatic heterocycles. The van der Waals surface area contributed by atoms with Crippen LogP contribution in [-0.4, -0.2) is 56.9 Å². The van der Waals surface area contributed by atoms with Crippen LogP contribution in [0.15, 0.2) is 94.8 Å². The van der Waals surface area contributed by atoms with Crippen LogP contribution in [0.5, 0.6) is 5.75 Å². The van der Waals surface area contributed by atoms with Gasteiger partial charge in [0, 0.05) is 32.1 Å². The van der Waals surface area contributed by atoms with Crippen molar-refractivity contribution in [1.82, 2.24) is 5.32 Å². The largest absolute Gasteiger partial charge is 0.494 e. The topological polar surface area (TPSA) is 114 Å². The summed E-state index contributed by atoms with van der Waals surface area (Å²) in [4.78, 5) is 18.4. The van der Waals surface area contributed by atoms with Crippen molar-refractivity contribution in [2.75, 3.05) is 26.0 Å². The number of carbonyl (C=O) groups is 1. The van der Waals surface area contributed by atoms with Crippen molar-refractivity contribution < 1.29 is 27.8 Å². The first kappa shape index (κ1) is 26.4. The Morgan fingerprint density at radius 3 is 2.30 bits per heavy atom. The molecular formula is C28H30N2O6S. The van der Waals surface area contributed by atoms with Crippen molar-refractivity contribution in [1.29, 1.82) is 0 Å². The number of hydrogen-bond donors (Lipinski definition) is 2. The lowest BCUT2D eigenvalue weighted by molar-refractivity contribution is -0.128. The zero-order valence-corrected chi connectivity index (χ0v) is 21.4. The Bertz CT molecular complexity index is 1330. The Labute approximate surface area is 216 Å². The summed E-state index contributed by atoms with van der Waals surface area (Å²) in [6.07, 6.45) is -0.373. The molecule has 37 heavy (non-hydrogen) atoms. The van der Waals surface area contributed by atoms with E-state index in [4.69, 9.17) is 19.6 Å². The SMILES string of the molecule is CNC(=O)[C@]1(CCS(=O)(=O)c2ccccc2)N=C(c2ccc(OCCCO)cc2)O[C@@H]1c1ccccc1. The number of nitrogens with one attached hydrogen (secondary N) is 1. The summed E-state index contributed by atoms with van der Waals surface area (Å²) < 4.78 is 38.2. The molecule has 0 fully saturated rings. The molecule has 0 radical (unpaired) electrons. The minimum Gasteiger partial charge on any atom is -0.494 e. The molecule has 0 saturated carbocycles. The van der Waals surface area contributed by atoms with Crippen molar-refractivity contribution in [3.8, 4) is 5.75 Å². The maximum Gasteiger partial charge on any atom is 0.252 e. The molecule has 3 aromatic carbocycles. The molecule has 3 aromatic rings. The number of nitrogens with zero attached hydrogens (tertiary/aromatic N) is 1. The van der Waals surface area contributed by atoms with Gasteiger partial charge in [-0.15, -0.1) is 0 Å². The van der Waals surface area contributed by atoms with Crippen molar-refractivity contribution in [2.24, 2.45) is 4.99 Å². The van der Waals surface area contributed by atoms with E-state index in [0.717, 1.165) is 0 Å². The third-order valence-electron chi connectivity index (χ3n) is 6.21. The van der Waals surface area contributed by atoms with E-state index in [1.165, 1.54) is 7.05 Å². The Balaban J connectivity index is 1.70. The molecule has 0 bridgehead atoms. The number of rotatable bonds is 11. The molecule has 0 spiro atoms. The predicted octanol–water partition coefficient (Wildman–Crippen LogP) is 3.31. The van der Waals surface area contributed by atoms with E-state index in [1.807, 2.05) is 30.3 Å². The average Bonchev–Trinajstić information content (AvgIpc) is 3.34. The van der Waals surface area contributed by atoms with E-state index in [1.54, 1.807) is 54.6 Å². The van der Waals surface area contributed by atoms with E-state index in [9.17, 15) is 13.2 Å². The maximum absolute atomic E-state index is 13.4. The fourth-order valence-corrected chi connectivity index (χ4v) is 5.64.